The smallest absolute Gasteiger partial charge is 0.223 e. The summed E-state index contributed by atoms with van der Waals surface area (Å²) in [5.41, 5.74) is 0. The number of nitrogens with one attached hydrogen (secondary N) is 2. The van der Waals surface area contributed by atoms with Crippen molar-refractivity contribution in [3.8, 4) is 0 Å². The van der Waals surface area contributed by atoms with Crippen LogP contribution in [-0.4, -0.2) is 74.1 Å². The van der Waals surface area contributed by atoms with Crippen LogP contribution < -0.4 is 10.6 Å². The van der Waals surface area contributed by atoms with E-state index in [2.05, 4.69) is 58.5 Å². The van der Waals surface area contributed by atoms with Crippen molar-refractivity contribution in [2.24, 2.45) is 17.8 Å². The molecule has 11 nitrogen and oxygen atoms in total. The number of ketones is 1. The molecule has 0 atom stereocenters. The highest BCUT2D eigenvalue weighted by molar-refractivity contribution is 5.78. The lowest BCUT2D eigenvalue weighted by Gasteiger charge is -2.27. The van der Waals surface area contributed by atoms with Crippen LogP contribution in [0.3, 0.4) is 0 Å². The molecule has 1 aliphatic carbocycles. The van der Waals surface area contributed by atoms with Gasteiger partial charge in [0.25, 0.3) is 0 Å². The molecule has 1 aliphatic heterocycles. The van der Waals surface area contributed by atoms with Gasteiger partial charge >= 0.3 is 0 Å². The Morgan fingerprint density at radius 3 is 1.59 bits per heavy atom. The van der Waals surface area contributed by atoms with Gasteiger partial charge in [-0.05, 0) is 91.3 Å². The lowest BCUT2D eigenvalue weighted by atomic mass is 10.1. The van der Waals surface area contributed by atoms with E-state index in [1.54, 1.807) is 20.0 Å². The van der Waals surface area contributed by atoms with Crippen LogP contribution in [0.5, 0.6) is 0 Å². The fourth-order valence-corrected chi connectivity index (χ4v) is 5.21. The van der Waals surface area contributed by atoms with E-state index in [4.69, 9.17) is 4.52 Å². The van der Waals surface area contributed by atoms with E-state index >= 15 is 0 Å². The zero-order valence-corrected chi connectivity index (χ0v) is 39.9. The highest BCUT2D eigenvalue weighted by atomic mass is 16.5. The number of aryl methyl sites for hydroxylation is 1. The van der Waals surface area contributed by atoms with Crippen LogP contribution in [0.2, 0.25) is 0 Å². The van der Waals surface area contributed by atoms with Gasteiger partial charge in [0, 0.05) is 69.2 Å². The molecule has 2 N–H and O–H groups in total. The Morgan fingerprint density at radius 2 is 1.34 bits per heavy atom. The van der Waals surface area contributed by atoms with Crippen molar-refractivity contribution in [3.05, 3.63) is 30.2 Å². The minimum atomic E-state index is 0.0370. The minimum Gasteiger partial charge on any atom is -0.354 e. The van der Waals surface area contributed by atoms with Gasteiger partial charge in [0.05, 0.1) is 0 Å². The van der Waals surface area contributed by atoms with E-state index in [-0.39, 0.29) is 29.6 Å². The second-order valence-electron chi connectivity index (χ2n) is 16.0. The first kappa shape index (κ1) is 59.6. The molecule has 3 heterocycles. The van der Waals surface area contributed by atoms with Crippen molar-refractivity contribution >= 4 is 17.6 Å². The highest BCUT2D eigenvalue weighted by Crippen LogP contribution is 2.18. The lowest BCUT2D eigenvalue weighted by Crippen LogP contribution is -2.35. The first-order valence-electron chi connectivity index (χ1n) is 21.8. The number of Topliss-reactive ketones (excluding diaryl/α,β-unsaturated/α-hetero) is 1. The van der Waals surface area contributed by atoms with E-state index in [0.29, 0.717) is 29.8 Å². The zero-order valence-electron chi connectivity index (χ0n) is 39.9. The maximum atomic E-state index is 11.2. The number of amides is 2. The summed E-state index contributed by atoms with van der Waals surface area (Å²) in [6.07, 6.45) is 13.7. The summed E-state index contributed by atoms with van der Waals surface area (Å²) in [5.74, 6) is 3.82. The molecule has 2 fully saturated rings. The van der Waals surface area contributed by atoms with Gasteiger partial charge in [0.1, 0.15) is 5.78 Å². The fraction of sp³-hybridized carbons (Fsp3) is 0.822. The summed E-state index contributed by atoms with van der Waals surface area (Å²) in [4.78, 5) is 38.2. The van der Waals surface area contributed by atoms with Crippen LogP contribution in [0.25, 0.3) is 0 Å². The fourth-order valence-electron chi connectivity index (χ4n) is 5.21. The Bertz CT molecular complexity index is 1130. The van der Waals surface area contributed by atoms with Crippen LogP contribution in [0.1, 0.15) is 200 Å². The summed E-state index contributed by atoms with van der Waals surface area (Å²) >= 11 is 0. The van der Waals surface area contributed by atoms with Crippen LogP contribution in [0, 0.1) is 24.7 Å². The SMILES string of the molecule is CC.CC.CC(=O)CC(C)C.CC(=O)NC(C)C.CC(C)C(=O)NC1CCCC1.CC(C)CN1CCCCC1.CC(C)n1cccn1.Cc1nc(C(C)C)no1. The van der Waals surface area contributed by atoms with Gasteiger partial charge in [-0.1, -0.05) is 108 Å². The Hall–Kier alpha value is -3.08. The van der Waals surface area contributed by atoms with Gasteiger partial charge in [-0.15, -0.1) is 0 Å². The number of aromatic nitrogens is 4. The first-order valence-corrected chi connectivity index (χ1v) is 21.8. The largest absolute Gasteiger partial charge is 0.354 e. The van der Waals surface area contributed by atoms with Crippen LogP contribution in [0.15, 0.2) is 23.0 Å². The van der Waals surface area contributed by atoms with Crippen molar-refractivity contribution in [1.82, 2.24) is 35.5 Å². The number of nitrogens with zero attached hydrogens (tertiary/aromatic N) is 5. The number of piperidine rings is 1. The molecule has 1 saturated heterocycles. The van der Waals surface area contributed by atoms with Gasteiger partial charge in [0.15, 0.2) is 5.82 Å². The van der Waals surface area contributed by atoms with Gasteiger partial charge in [-0.25, -0.2) is 0 Å². The average Bonchev–Trinajstić information content (AvgIpc) is 3.92. The molecule has 56 heavy (non-hydrogen) atoms. The Labute approximate surface area is 345 Å². The second-order valence-corrected chi connectivity index (χ2v) is 16.0. The number of carbonyl (C=O) groups is 3. The molecular weight excluding hydrogens is 703 g/mol. The van der Waals surface area contributed by atoms with Crippen molar-refractivity contribution in [1.29, 1.82) is 0 Å². The molecule has 4 rings (SSSR count). The van der Waals surface area contributed by atoms with Crippen molar-refractivity contribution in [2.75, 3.05) is 19.6 Å². The molecule has 0 bridgehead atoms. The summed E-state index contributed by atoms with van der Waals surface area (Å²) < 4.78 is 6.68. The molecule has 0 spiro atoms. The van der Waals surface area contributed by atoms with Crippen LogP contribution in [-0.2, 0) is 14.4 Å². The maximum absolute atomic E-state index is 11.2. The molecular formula is C45H91N7O4. The number of carbonyl (C=O) groups excluding carboxylic acids is 3. The third-order valence-corrected chi connectivity index (χ3v) is 7.60. The molecule has 0 aromatic carbocycles. The van der Waals surface area contributed by atoms with Crippen molar-refractivity contribution in [2.45, 2.75) is 207 Å². The van der Waals surface area contributed by atoms with Gasteiger partial charge < -0.3 is 24.9 Å². The molecule has 2 amide bonds. The van der Waals surface area contributed by atoms with Crippen LogP contribution >= 0.6 is 0 Å². The van der Waals surface area contributed by atoms with E-state index in [0.717, 1.165) is 18.2 Å². The lowest BCUT2D eigenvalue weighted by molar-refractivity contribution is -0.124. The van der Waals surface area contributed by atoms with Gasteiger partial charge in [-0.2, -0.15) is 10.1 Å². The molecule has 330 valence electrons. The van der Waals surface area contributed by atoms with E-state index in [1.165, 1.54) is 71.5 Å². The third-order valence-electron chi connectivity index (χ3n) is 7.60. The Morgan fingerprint density at radius 1 is 0.804 bits per heavy atom. The molecule has 0 radical (unpaired) electrons. The summed E-state index contributed by atoms with van der Waals surface area (Å²) in [6, 6.07) is 3.17. The van der Waals surface area contributed by atoms with Crippen molar-refractivity contribution < 1.29 is 18.9 Å². The van der Waals surface area contributed by atoms with E-state index in [1.807, 2.05) is 100 Å². The number of hydrogen-bond acceptors (Lipinski definition) is 8. The molecule has 2 aromatic rings. The summed E-state index contributed by atoms with van der Waals surface area (Å²) in [5, 5.41) is 13.5. The standard InChI is InChI=1S/C9H17NO.C9H19N.C6H10N2O.C6H10N2.C6H12O.C5H11NO.2C2H6/c1-7(2)9(11)10-8-5-3-4-6-8;1-9(2)8-10-6-4-3-5-7-10;1-4(2)6-7-5(3)9-8-6;1-6(2)8-5-3-4-7-8;1-5(2)4-6(3)7;1-4(2)6-5(3)7;2*1-2/h7-8H,3-6H2,1-2H3,(H,10,11);9H,3-8H2,1-2H3;4H,1-3H3;3-6H,1-2H3;5H,4H2,1-3H3;4H,1-3H3,(H,6,7);2*1-2H3. The van der Waals surface area contributed by atoms with E-state index in [9.17, 15) is 14.4 Å². The maximum Gasteiger partial charge on any atom is 0.223 e. The second kappa shape index (κ2) is 38.8. The van der Waals surface area contributed by atoms with Crippen molar-refractivity contribution in [3.63, 3.8) is 0 Å². The Kier molecular flexibility index (Phi) is 41.3. The topological polar surface area (TPSA) is 135 Å². The number of rotatable bonds is 9. The molecule has 11 heteroatoms. The quantitative estimate of drug-likeness (QED) is 0.256. The normalized spacial score (nSPS) is 13.4. The van der Waals surface area contributed by atoms with E-state index < -0.39 is 0 Å². The van der Waals surface area contributed by atoms with Crippen LogP contribution in [0.4, 0.5) is 0 Å². The molecule has 0 unspecified atom stereocenters. The summed E-state index contributed by atoms with van der Waals surface area (Å²) in [7, 11) is 0. The number of likely N-dealkylation sites (tertiary alicyclic amines) is 1. The predicted molar refractivity (Wildman–Crippen MR) is 238 cm³/mol. The minimum absolute atomic E-state index is 0.0370. The average molecular weight is 794 g/mol. The first-order chi connectivity index (χ1) is 26.2. The molecule has 1 saturated carbocycles. The van der Waals surface area contributed by atoms with Gasteiger partial charge in [-0.3, -0.25) is 14.3 Å². The molecule has 2 aliphatic rings. The Balaban J connectivity index is -0.000000287. The monoisotopic (exact) mass is 794 g/mol. The third kappa shape index (κ3) is 40.6. The predicted octanol–water partition coefficient (Wildman–Crippen LogP) is 11.0. The van der Waals surface area contributed by atoms with Gasteiger partial charge in [0.2, 0.25) is 17.7 Å². The highest BCUT2D eigenvalue weighted by Gasteiger charge is 2.18. The summed E-state index contributed by atoms with van der Waals surface area (Å²) in [6.45, 7) is 41.6. The zero-order chi connectivity index (χ0) is 44.2. The number of hydrogen-bond donors (Lipinski definition) is 2. The molecule has 2 aromatic heterocycles.